The van der Waals surface area contributed by atoms with Crippen LogP contribution in [0.4, 0.5) is 0 Å². The third-order valence-corrected chi connectivity index (χ3v) is 0. The van der Waals surface area contributed by atoms with E-state index in [-0.39, 0.29) is 59.6 Å². The molecule has 0 bridgehead atoms. The summed E-state index contributed by atoms with van der Waals surface area (Å²) >= 11 is 2.97. The van der Waals surface area contributed by atoms with Gasteiger partial charge in [-0.05, 0) is 12.6 Å². The van der Waals surface area contributed by atoms with Crippen molar-refractivity contribution in [3.63, 3.8) is 0 Å². The van der Waals surface area contributed by atoms with E-state index in [4.69, 9.17) is 0 Å². The first kappa shape index (κ1) is 16.2. The number of rotatable bonds is 0. The summed E-state index contributed by atoms with van der Waals surface area (Å²) in [5.74, 6) is 0. The predicted octanol–water partition coefficient (Wildman–Crippen LogP) is -1.02. The van der Waals surface area contributed by atoms with Crippen LogP contribution in [0, 0.1) is 32.3 Å². The molecule has 0 aliphatic rings. The molecule has 0 atom stereocenters. The fraction of sp³-hybridized carbons (Fsp3) is 1.00. The average Bonchev–Trinajstić information content (AvgIpc) is 1.00. The topological polar surface area (TPSA) is 0 Å². The molecular formula is CH6PaPbS+. The molecule has 3 heteroatoms. The molecule has 0 rings (SSSR count). The molecule has 4 heavy (non-hydrogen) atoms. The summed E-state index contributed by atoms with van der Waals surface area (Å²) in [6, 6.07) is 0. The second-order valence-electron chi connectivity index (χ2n) is 0. The summed E-state index contributed by atoms with van der Waals surface area (Å²) in [4.78, 5) is 0. The van der Waals surface area contributed by atoms with Crippen LogP contribution in [0.1, 0.15) is 0 Å². The first-order valence-corrected chi connectivity index (χ1v) is 1.50. The van der Waals surface area contributed by atoms with Gasteiger partial charge in [-0.2, -0.15) is 0 Å². The molecule has 0 aliphatic carbocycles. The van der Waals surface area contributed by atoms with Crippen molar-refractivity contribution < 1.29 is 32.3 Å². The molecule has 0 N–H and O–H groups in total. The van der Waals surface area contributed by atoms with Gasteiger partial charge >= 0.3 is 27.3 Å². The van der Waals surface area contributed by atoms with Gasteiger partial charge in [0.2, 0.25) is 0 Å². The van der Waals surface area contributed by atoms with Gasteiger partial charge in [-0.3, -0.25) is 0 Å². The molecule has 0 aromatic heterocycles. The molecule has 4 radical (unpaired) electrons. The third-order valence-electron chi connectivity index (χ3n) is 0. The van der Waals surface area contributed by atoms with Crippen LogP contribution in [0.3, 0.4) is 0 Å². The van der Waals surface area contributed by atoms with Gasteiger partial charge in [0, 0.05) is 32.3 Å². The van der Waals surface area contributed by atoms with Crippen LogP contribution in [0.15, 0.2) is 0 Å². The van der Waals surface area contributed by atoms with Crippen molar-refractivity contribution in [2.45, 2.75) is 0 Å². The first-order chi connectivity index (χ1) is 1.00. The summed E-state index contributed by atoms with van der Waals surface area (Å²) in [7, 11) is 0. The average molecular weight is 488 g/mol. The van der Waals surface area contributed by atoms with Gasteiger partial charge in [-0.15, -0.1) is 0 Å². The summed E-state index contributed by atoms with van der Waals surface area (Å²) in [6.07, 6.45) is 1.81. The van der Waals surface area contributed by atoms with Crippen LogP contribution in [0.25, 0.3) is 0 Å². The van der Waals surface area contributed by atoms with Gasteiger partial charge in [-0.1, -0.05) is 0 Å². The molecule has 0 amide bonds. The van der Waals surface area contributed by atoms with Gasteiger partial charge in [0.05, 0.1) is 6.26 Å². The fourth-order valence-corrected chi connectivity index (χ4v) is 0. The minimum atomic E-state index is 0. The van der Waals surface area contributed by atoms with Gasteiger partial charge in [0.1, 0.15) is 0 Å². The SMILES string of the molecule is C[SH2+].[Pa].[PbH]. The van der Waals surface area contributed by atoms with Crippen LogP contribution in [0.5, 0.6) is 0 Å². The Morgan fingerprint density at radius 3 is 1.25 bits per heavy atom. The number of hydrogen-bond acceptors (Lipinski definition) is 0. The monoisotopic (exact) mass is 489 g/mol. The normalized spacial score (nSPS) is 1.50. The molecule has 0 fully saturated rings. The van der Waals surface area contributed by atoms with Crippen LogP contribution in [-0.2, 0) is 12.6 Å². The summed E-state index contributed by atoms with van der Waals surface area (Å²) in [6.45, 7) is 0. The summed E-state index contributed by atoms with van der Waals surface area (Å²) < 4.78 is 0. The summed E-state index contributed by atoms with van der Waals surface area (Å²) in [5.41, 5.74) is 0. The summed E-state index contributed by atoms with van der Waals surface area (Å²) in [5, 5.41) is 0. The maximum atomic E-state index is 2.97. The van der Waals surface area contributed by atoms with E-state index in [0.717, 1.165) is 0 Å². The van der Waals surface area contributed by atoms with Crippen molar-refractivity contribution in [3.8, 4) is 0 Å². The van der Waals surface area contributed by atoms with Crippen LogP contribution in [0.2, 0.25) is 0 Å². The molecule has 0 saturated heterocycles. The zero-order valence-electron chi connectivity index (χ0n) is 2.65. The van der Waals surface area contributed by atoms with E-state index >= 15 is 0 Å². The van der Waals surface area contributed by atoms with E-state index in [9.17, 15) is 0 Å². The van der Waals surface area contributed by atoms with Crippen molar-refractivity contribution in [3.05, 3.63) is 0 Å². The van der Waals surface area contributed by atoms with E-state index in [2.05, 4.69) is 12.6 Å². The molecule has 0 nitrogen and oxygen atoms in total. The van der Waals surface area contributed by atoms with Gasteiger partial charge in [-0.25, -0.2) is 0 Å². The molecule has 0 heterocycles. The van der Waals surface area contributed by atoms with Crippen LogP contribution < -0.4 is 0 Å². The standard InChI is InChI=1S/CH4S.Pa.Pb.H/c1-2;;;/h2H,1H3;;;/p+1. The quantitative estimate of drug-likeness (QED) is 0.303. The predicted molar refractivity (Wildman–Crippen MR) is 23.2 cm³/mol. The molecule has 0 aliphatic heterocycles. The van der Waals surface area contributed by atoms with Gasteiger partial charge in [0.15, 0.2) is 0 Å². The fourth-order valence-electron chi connectivity index (χ4n) is 0. The minimum absolute atomic E-state index is 0. The third kappa shape index (κ3) is 8.84. The molecule has 0 aromatic carbocycles. The zero-order chi connectivity index (χ0) is 2.00. The Hall–Kier alpha value is 2.36. The Bertz CT molecular complexity index is 8.00. The first-order valence-electron chi connectivity index (χ1n) is 0.500. The molecule has 0 spiro atoms. The van der Waals surface area contributed by atoms with Crippen molar-refractivity contribution in [2.24, 2.45) is 0 Å². The second-order valence-corrected chi connectivity index (χ2v) is 0. The van der Waals surface area contributed by atoms with Crippen molar-refractivity contribution >= 4 is 39.9 Å². The van der Waals surface area contributed by atoms with Crippen molar-refractivity contribution in [1.29, 1.82) is 0 Å². The molecule has 0 aromatic rings. The zero-order valence-corrected chi connectivity index (χ0v) is 13.0. The van der Waals surface area contributed by atoms with Crippen LogP contribution >= 0.6 is 0 Å². The Kier molecular flexibility index (Phi) is 74.0. The van der Waals surface area contributed by atoms with E-state index in [0.29, 0.717) is 0 Å². The Balaban J connectivity index is -0.00000000500. The van der Waals surface area contributed by atoms with E-state index in [1.165, 1.54) is 0 Å². The number of hydrogen-bond donors (Lipinski definition) is 0. The second kappa shape index (κ2) is 18.3. The molecule has 0 saturated carbocycles. The van der Waals surface area contributed by atoms with E-state index in [1.54, 1.807) is 6.26 Å². The molecule has 22 valence electrons. The van der Waals surface area contributed by atoms with Crippen LogP contribution in [-0.4, -0.2) is 33.6 Å². The Morgan fingerprint density at radius 2 is 1.25 bits per heavy atom. The van der Waals surface area contributed by atoms with Gasteiger partial charge < -0.3 is 0 Å². The van der Waals surface area contributed by atoms with E-state index in [1.807, 2.05) is 0 Å². The Morgan fingerprint density at radius 1 is 1.25 bits per heavy atom. The van der Waals surface area contributed by atoms with Crippen molar-refractivity contribution in [2.75, 3.05) is 6.26 Å². The Labute approximate surface area is 77.2 Å². The van der Waals surface area contributed by atoms with Crippen molar-refractivity contribution in [1.82, 2.24) is 0 Å². The van der Waals surface area contributed by atoms with Gasteiger partial charge in [0.25, 0.3) is 0 Å². The molecule has 0 unspecified atom stereocenters. The maximum absolute atomic E-state index is 2.97. The van der Waals surface area contributed by atoms with E-state index < -0.39 is 0 Å². The molecular weight excluding hydrogens is 482 g/mol.